The van der Waals surface area contributed by atoms with Gasteiger partial charge in [0.25, 0.3) is 0 Å². The van der Waals surface area contributed by atoms with Crippen molar-refractivity contribution in [2.75, 3.05) is 25.0 Å². The van der Waals surface area contributed by atoms with Gasteiger partial charge in [-0.15, -0.1) is 0 Å². The lowest BCUT2D eigenvalue weighted by molar-refractivity contribution is -0.115. The van der Waals surface area contributed by atoms with Crippen molar-refractivity contribution in [3.63, 3.8) is 0 Å². The quantitative estimate of drug-likeness (QED) is 0.872. The van der Waals surface area contributed by atoms with Crippen LogP contribution in [-0.4, -0.2) is 31.7 Å². The van der Waals surface area contributed by atoms with Crippen LogP contribution in [0.2, 0.25) is 5.02 Å². The topological polar surface area (TPSA) is 50.4 Å². The average Bonchev–Trinajstić information content (AvgIpc) is 2.87. The van der Waals surface area contributed by atoms with Gasteiger partial charge in [-0.05, 0) is 37.5 Å². The van der Waals surface area contributed by atoms with Crippen LogP contribution in [0.3, 0.4) is 0 Å². The first-order valence-electron chi connectivity index (χ1n) is 6.53. The molecule has 0 spiro atoms. The number of carbonyl (C=O) groups excluding carboxylic acids is 1. The minimum absolute atomic E-state index is 0.0663. The maximum atomic E-state index is 11.8. The standard InChI is InChI=1S/C14H19ClN2O2/c1-10-4-5-11(15)7-13(10)17-14(18)9-16-8-12-3-2-6-19-12/h4-5,7,12,16H,2-3,6,8-9H2,1H3,(H,17,18)/t12-/m0/s1. The molecular weight excluding hydrogens is 264 g/mol. The van der Waals surface area contributed by atoms with E-state index in [-0.39, 0.29) is 18.6 Å². The number of amides is 1. The fraction of sp³-hybridized carbons (Fsp3) is 0.500. The van der Waals surface area contributed by atoms with Crippen LogP contribution in [0, 0.1) is 6.92 Å². The van der Waals surface area contributed by atoms with E-state index in [9.17, 15) is 4.79 Å². The lowest BCUT2D eigenvalue weighted by atomic mass is 10.2. The molecule has 5 heteroatoms. The number of ether oxygens (including phenoxy) is 1. The van der Waals surface area contributed by atoms with Crippen LogP contribution in [0.5, 0.6) is 0 Å². The summed E-state index contributed by atoms with van der Waals surface area (Å²) in [5.74, 6) is -0.0663. The van der Waals surface area contributed by atoms with E-state index >= 15 is 0 Å². The maximum absolute atomic E-state index is 11.8. The summed E-state index contributed by atoms with van der Waals surface area (Å²) in [6.07, 6.45) is 2.43. The highest BCUT2D eigenvalue weighted by molar-refractivity contribution is 6.31. The predicted molar refractivity (Wildman–Crippen MR) is 76.7 cm³/mol. The molecule has 1 aromatic rings. The molecule has 0 saturated carbocycles. The second-order valence-corrected chi connectivity index (χ2v) is 5.21. The third-order valence-corrected chi connectivity index (χ3v) is 3.39. The molecule has 0 bridgehead atoms. The van der Waals surface area contributed by atoms with E-state index in [1.54, 1.807) is 6.07 Å². The number of aryl methyl sites for hydroxylation is 1. The summed E-state index contributed by atoms with van der Waals surface area (Å²) in [6, 6.07) is 5.45. The summed E-state index contributed by atoms with van der Waals surface area (Å²) in [4.78, 5) is 11.8. The molecule has 4 nitrogen and oxygen atoms in total. The molecule has 19 heavy (non-hydrogen) atoms. The smallest absolute Gasteiger partial charge is 0.238 e. The zero-order valence-corrected chi connectivity index (χ0v) is 11.8. The second kappa shape index (κ2) is 6.89. The molecule has 2 N–H and O–H groups in total. The van der Waals surface area contributed by atoms with Gasteiger partial charge in [0.05, 0.1) is 12.6 Å². The zero-order valence-electron chi connectivity index (χ0n) is 11.0. The van der Waals surface area contributed by atoms with Gasteiger partial charge >= 0.3 is 0 Å². The van der Waals surface area contributed by atoms with Gasteiger partial charge in [-0.25, -0.2) is 0 Å². The molecule has 0 aliphatic carbocycles. The lowest BCUT2D eigenvalue weighted by Gasteiger charge is -2.12. The number of benzene rings is 1. The molecule has 0 radical (unpaired) electrons. The van der Waals surface area contributed by atoms with Crippen molar-refractivity contribution >= 4 is 23.2 Å². The van der Waals surface area contributed by atoms with E-state index in [1.165, 1.54) is 0 Å². The fourth-order valence-electron chi connectivity index (χ4n) is 2.08. The molecule has 0 aromatic heterocycles. The zero-order chi connectivity index (χ0) is 13.7. The molecule has 1 atom stereocenters. The van der Waals surface area contributed by atoms with Crippen LogP contribution in [0.1, 0.15) is 18.4 Å². The van der Waals surface area contributed by atoms with E-state index in [0.29, 0.717) is 5.02 Å². The molecule has 0 unspecified atom stereocenters. The Hall–Kier alpha value is -1.10. The van der Waals surface area contributed by atoms with Gasteiger partial charge in [0.1, 0.15) is 0 Å². The summed E-state index contributed by atoms with van der Waals surface area (Å²) in [5, 5.41) is 6.58. The summed E-state index contributed by atoms with van der Waals surface area (Å²) in [7, 11) is 0. The van der Waals surface area contributed by atoms with Crippen LogP contribution in [0.4, 0.5) is 5.69 Å². The van der Waals surface area contributed by atoms with E-state index in [2.05, 4.69) is 10.6 Å². The summed E-state index contributed by atoms with van der Waals surface area (Å²) < 4.78 is 5.48. The lowest BCUT2D eigenvalue weighted by Crippen LogP contribution is -2.33. The minimum Gasteiger partial charge on any atom is -0.377 e. The Morgan fingerprint density at radius 1 is 1.53 bits per heavy atom. The van der Waals surface area contributed by atoms with Gasteiger partial charge in [-0.3, -0.25) is 4.79 Å². The number of halogens is 1. The number of nitrogens with one attached hydrogen (secondary N) is 2. The normalized spacial score (nSPS) is 18.5. The van der Waals surface area contributed by atoms with Gasteiger partial charge in [0, 0.05) is 23.9 Å². The van der Waals surface area contributed by atoms with Gasteiger partial charge in [0.2, 0.25) is 5.91 Å². The minimum atomic E-state index is -0.0663. The Morgan fingerprint density at radius 3 is 3.11 bits per heavy atom. The molecule has 2 rings (SSSR count). The molecule has 1 aliphatic heterocycles. The number of carbonyl (C=O) groups is 1. The van der Waals surface area contributed by atoms with Crippen molar-refractivity contribution in [3.05, 3.63) is 28.8 Å². The molecule has 1 amide bonds. The van der Waals surface area contributed by atoms with Gasteiger partial charge in [-0.1, -0.05) is 17.7 Å². The van der Waals surface area contributed by atoms with Crippen molar-refractivity contribution in [1.29, 1.82) is 0 Å². The van der Waals surface area contributed by atoms with E-state index in [4.69, 9.17) is 16.3 Å². The van der Waals surface area contributed by atoms with Crippen LogP contribution in [0.15, 0.2) is 18.2 Å². The predicted octanol–water partition coefficient (Wildman–Crippen LogP) is 2.36. The highest BCUT2D eigenvalue weighted by Gasteiger charge is 2.15. The van der Waals surface area contributed by atoms with Crippen LogP contribution in [0.25, 0.3) is 0 Å². The molecule has 1 saturated heterocycles. The number of hydrogen-bond acceptors (Lipinski definition) is 3. The highest BCUT2D eigenvalue weighted by Crippen LogP contribution is 2.19. The Morgan fingerprint density at radius 2 is 2.37 bits per heavy atom. The first-order chi connectivity index (χ1) is 9.15. The van der Waals surface area contributed by atoms with Crippen LogP contribution < -0.4 is 10.6 Å². The van der Waals surface area contributed by atoms with Crippen molar-refractivity contribution in [2.24, 2.45) is 0 Å². The Balaban J connectivity index is 1.75. The molecule has 104 valence electrons. The number of rotatable bonds is 5. The first-order valence-corrected chi connectivity index (χ1v) is 6.91. The van der Waals surface area contributed by atoms with Crippen molar-refractivity contribution in [1.82, 2.24) is 5.32 Å². The maximum Gasteiger partial charge on any atom is 0.238 e. The monoisotopic (exact) mass is 282 g/mol. The number of anilines is 1. The third-order valence-electron chi connectivity index (χ3n) is 3.16. The summed E-state index contributed by atoms with van der Waals surface area (Å²) in [5.41, 5.74) is 1.76. The average molecular weight is 283 g/mol. The van der Waals surface area contributed by atoms with Gasteiger partial charge < -0.3 is 15.4 Å². The Labute approximate surface area is 118 Å². The van der Waals surface area contributed by atoms with Crippen LogP contribution in [-0.2, 0) is 9.53 Å². The van der Waals surface area contributed by atoms with Gasteiger partial charge in [-0.2, -0.15) is 0 Å². The third kappa shape index (κ3) is 4.49. The molecule has 1 aliphatic rings. The van der Waals surface area contributed by atoms with Crippen LogP contribution >= 0.6 is 11.6 Å². The molecule has 1 heterocycles. The molecule has 1 aromatic carbocycles. The molecular formula is C14H19ClN2O2. The van der Waals surface area contributed by atoms with Crippen molar-refractivity contribution < 1.29 is 9.53 Å². The largest absolute Gasteiger partial charge is 0.377 e. The second-order valence-electron chi connectivity index (χ2n) is 4.77. The van der Waals surface area contributed by atoms with Crippen molar-refractivity contribution in [3.8, 4) is 0 Å². The van der Waals surface area contributed by atoms with Gasteiger partial charge in [0.15, 0.2) is 0 Å². The number of hydrogen-bond donors (Lipinski definition) is 2. The first kappa shape index (κ1) is 14.3. The SMILES string of the molecule is Cc1ccc(Cl)cc1NC(=O)CNC[C@@H]1CCCO1. The van der Waals surface area contributed by atoms with E-state index < -0.39 is 0 Å². The Bertz CT molecular complexity index is 445. The fourth-order valence-corrected chi connectivity index (χ4v) is 2.25. The van der Waals surface area contributed by atoms with E-state index in [1.807, 2.05) is 19.1 Å². The van der Waals surface area contributed by atoms with E-state index in [0.717, 1.165) is 37.2 Å². The Kier molecular flexibility index (Phi) is 5.19. The highest BCUT2D eigenvalue weighted by atomic mass is 35.5. The summed E-state index contributed by atoms with van der Waals surface area (Å²) >= 11 is 5.91. The van der Waals surface area contributed by atoms with Crippen molar-refractivity contribution in [2.45, 2.75) is 25.9 Å². The summed E-state index contributed by atoms with van der Waals surface area (Å²) in [6.45, 7) is 3.78. The molecule has 1 fully saturated rings.